The van der Waals surface area contributed by atoms with E-state index in [-0.39, 0.29) is 23.7 Å². The molecule has 7 heteroatoms. The zero-order valence-electron chi connectivity index (χ0n) is 18.3. The lowest BCUT2D eigenvalue weighted by Crippen LogP contribution is -2.53. The third-order valence-electron chi connectivity index (χ3n) is 6.45. The fourth-order valence-corrected chi connectivity index (χ4v) is 6.42. The highest BCUT2D eigenvalue weighted by atomic mass is 32.2. The summed E-state index contributed by atoms with van der Waals surface area (Å²) in [5.41, 5.74) is 3.97. The molecule has 6 nitrogen and oxygen atoms in total. The summed E-state index contributed by atoms with van der Waals surface area (Å²) in [6.07, 6.45) is 0.720. The Balaban J connectivity index is 1.50. The summed E-state index contributed by atoms with van der Waals surface area (Å²) in [5.74, 6) is 0.530. The van der Waals surface area contributed by atoms with Crippen LogP contribution in [0.15, 0.2) is 48.5 Å². The number of nitrogens with one attached hydrogen (secondary N) is 1. The van der Waals surface area contributed by atoms with Gasteiger partial charge in [0, 0.05) is 37.9 Å². The van der Waals surface area contributed by atoms with E-state index in [2.05, 4.69) is 15.1 Å². The SMILES string of the molecule is Cc1ccc(C)c(NC(=O)[C@H](c2ccccc2)N2CCN([C@@H]3CCS(=O)(=O)C3)CC2)c1. The third-order valence-corrected chi connectivity index (χ3v) is 8.20. The summed E-state index contributed by atoms with van der Waals surface area (Å²) in [6, 6.07) is 15.7. The van der Waals surface area contributed by atoms with E-state index in [0.717, 1.165) is 55.0 Å². The van der Waals surface area contributed by atoms with Crippen LogP contribution in [0.5, 0.6) is 0 Å². The Morgan fingerprint density at radius 3 is 2.39 bits per heavy atom. The van der Waals surface area contributed by atoms with Crippen molar-refractivity contribution in [2.24, 2.45) is 0 Å². The lowest BCUT2D eigenvalue weighted by atomic mass is 10.0. The monoisotopic (exact) mass is 441 g/mol. The van der Waals surface area contributed by atoms with Crippen LogP contribution in [0.25, 0.3) is 0 Å². The molecule has 0 saturated carbocycles. The summed E-state index contributed by atoms with van der Waals surface area (Å²) >= 11 is 0. The second-order valence-corrected chi connectivity index (χ2v) is 11.0. The van der Waals surface area contributed by atoms with Gasteiger partial charge in [-0.05, 0) is 43.0 Å². The van der Waals surface area contributed by atoms with Gasteiger partial charge in [0.15, 0.2) is 9.84 Å². The first-order chi connectivity index (χ1) is 14.8. The summed E-state index contributed by atoms with van der Waals surface area (Å²) < 4.78 is 23.7. The molecule has 0 aromatic heterocycles. The predicted molar refractivity (Wildman–Crippen MR) is 124 cm³/mol. The van der Waals surface area contributed by atoms with Gasteiger partial charge in [-0.25, -0.2) is 8.42 Å². The summed E-state index contributed by atoms with van der Waals surface area (Å²) in [6.45, 7) is 7.04. The quantitative estimate of drug-likeness (QED) is 0.773. The maximum Gasteiger partial charge on any atom is 0.246 e. The standard InChI is InChI=1S/C24H31N3O3S/c1-18-8-9-19(2)22(16-18)25-24(28)23(20-6-4-3-5-7-20)27-13-11-26(12-14-27)21-10-15-31(29,30)17-21/h3-9,16,21,23H,10-15,17H2,1-2H3,(H,25,28)/t21-,23+/m1/s1. The van der Waals surface area contributed by atoms with Crippen molar-refractivity contribution in [3.8, 4) is 0 Å². The van der Waals surface area contributed by atoms with Crippen molar-refractivity contribution in [2.75, 3.05) is 43.0 Å². The summed E-state index contributed by atoms with van der Waals surface area (Å²) in [4.78, 5) is 18.0. The highest BCUT2D eigenvalue weighted by Gasteiger charge is 2.36. The van der Waals surface area contributed by atoms with Gasteiger partial charge in [-0.2, -0.15) is 0 Å². The molecule has 31 heavy (non-hydrogen) atoms. The average molecular weight is 442 g/mol. The Kier molecular flexibility index (Phi) is 6.46. The molecular weight excluding hydrogens is 410 g/mol. The van der Waals surface area contributed by atoms with Crippen LogP contribution in [0.1, 0.15) is 29.2 Å². The van der Waals surface area contributed by atoms with Crippen LogP contribution in [0.2, 0.25) is 0 Å². The molecule has 0 aliphatic carbocycles. The Labute approximate surface area is 185 Å². The number of hydrogen-bond acceptors (Lipinski definition) is 5. The van der Waals surface area contributed by atoms with Crippen molar-refractivity contribution in [2.45, 2.75) is 32.4 Å². The van der Waals surface area contributed by atoms with Crippen LogP contribution < -0.4 is 5.32 Å². The predicted octanol–water partition coefficient (Wildman–Crippen LogP) is 2.79. The van der Waals surface area contributed by atoms with Crippen LogP contribution in [0.4, 0.5) is 5.69 Å². The largest absolute Gasteiger partial charge is 0.324 e. The lowest BCUT2D eigenvalue weighted by molar-refractivity contribution is -0.122. The minimum Gasteiger partial charge on any atom is -0.324 e. The number of aryl methyl sites for hydroxylation is 2. The first-order valence-electron chi connectivity index (χ1n) is 10.9. The molecule has 2 heterocycles. The second kappa shape index (κ2) is 9.10. The Morgan fingerprint density at radius 2 is 1.74 bits per heavy atom. The van der Waals surface area contributed by atoms with E-state index in [1.807, 2.05) is 62.4 Å². The number of carbonyl (C=O) groups is 1. The Morgan fingerprint density at radius 1 is 1.03 bits per heavy atom. The molecule has 2 aliphatic rings. The first kappa shape index (κ1) is 22.0. The van der Waals surface area contributed by atoms with Crippen LogP contribution in [-0.2, 0) is 14.6 Å². The van der Waals surface area contributed by atoms with E-state index >= 15 is 0 Å². The zero-order chi connectivity index (χ0) is 22.0. The van der Waals surface area contributed by atoms with Gasteiger partial charge in [-0.1, -0.05) is 42.5 Å². The lowest BCUT2D eigenvalue weighted by Gasteiger charge is -2.40. The van der Waals surface area contributed by atoms with Crippen molar-refractivity contribution in [1.82, 2.24) is 9.80 Å². The van der Waals surface area contributed by atoms with E-state index in [4.69, 9.17) is 0 Å². The van der Waals surface area contributed by atoms with Crippen LogP contribution in [0, 0.1) is 13.8 Å². The van der Waals surface area contributed by atoms with Gasteiger partial charge in [0.2, 0.25) is 5.91 Å². The number of piperazine rings is 1. The summed E-state index contributed by atoms with van der Waals surface area (Å²) in [7, 11) is -2.89. The van der Waals surface area contributed by atoms with E-state index in [1.165, 1.54) is 0 Å². The molecule has 2 aliphatic heterocycles. The number of nitrogens with zero attached hydrogens (tertiary/aromatic N) is 2. The molecule has 0 unspecified atom stereocenters. The fraction of sp³-hybridized carbons (Fsp3) is 0.458. The number of benzene rings is 2. The van der Waals surface area contributed by atoms with Gasteiger partial charge >= 0.3 is 0 Å². The first-order valence-corrected chi connectivity index (χ1v) is 12.8. The van der Waals surface area contributed by atoms with Gasteiger partial charge < -0.3 is 5.32 Å². The number of rotatable bonds is 5. The minimum atomic E-state index is -2.89. The Bertz CT molecular complexity index is 1030. The molecule has 1 amide bonds. The van der Waals surface area contributed by atoms with Gasteiger partial charge in [0.25, 0.3) is 0 Å². The number of sulfone groups is 1. The molecule has 1 N–H and O–H groups in total. The molecule has 0 bridgehead atoms. The number of amides is 1. The molecule has 166 valence electrons. The van der Waals surface area contributed by atoms with E-state index in [0.29, 0.717) is 5.75 Å². The van der Waals surface area contributed by atoms with Crippen molar-refractivity contribution < 1.29 is 13.2 Å². The molecule has 0 spiro atoms. The van der Waals surface area contributed by atoms with Gasteiger partial charge in [0.05, 0.1) is 11.5 Å². The van der Waals surface area contributed by atoms with Crippen molar-refractivity contribution in [1.29, 1.82) is 0 Å². The van der Waals surface area contributed by atoms with Gasteiger partial charge in [-0.15, -0.1) is 0 Å². The zero-order valence-corrected chi connectivity index (χ0v) is 19.1. The third kappa shape index (κ3) is 5.17. The Hall–Kier alpha value is -2.22. The smallest absolute Gasteiger partial charge is 0.246 e. The molecule has 2 saturated heterocycles. The van der Waals surface area contributed by atoms with Crippen molar-refractivity contribution in [3.05, 3.63) is 65.2 Å². The highest BCUT2D eigenvalue weighted by molar-refractivity contribution is 7.91. The van der Waals surface area contributed by atoms with Crippen LogP contribution in [-0.4, -0.2) is 67.9 Å². The normalized spacial score (nSPS) is 22.8. The van der Waals surface area contributed by atoms with Crippen molar-refractivity contribution in [3.63, 3.8) is 0 Å². The number of hydrogen-bond donors (Lipinski definition) is 1. The van der Waals surface area contributed by atoms with Crippen LogP contribution >= 0.6 is 0 Å². The van der Waals surface area contributed by atoms with Crippen molar-refractivity contribution >= 4 is 21.4 Å². The van der Waals surface area contributed by atoms with Crippen LogP contribution in [0.3, 0.4) is 0 Å². The average Bonchev–Trinajstić information content (AvgIpc) is 3.12. The van der Waals surface area contributed by atoms with E-state index < -0.39 is 9.84 Å². The second-order valence-electron chi connectivity index (χ2n) is 8.75. The maximum atomic E-state index is 13.5. The summed E-state index contributed by atoms with van der Waals surface area (Å²) in [5, 5.41) is 3.15. The topological polar surface area (TPSA) is 69.7 Å². The molecule has 4 rings (SSSR count). The van der Waals surface area contributed by atoms with E-state index in [1.54, 1.807) is 0 Å². The maximum absolute atomic E-state index is 13.5. The number of carbonyl (C=O) groups excluding carboxylic acids is 1. The fourth-order valence-electron chi connectivity index (χ4n) is 4.66. The number of anilines is 1. The molecule has 2 atom stereocenters. The van der Waals surface area contributed by atoms with E-state index in [9.17, 15) is 13.2 Å². The molecular formula is C24H31N3O3S. The van der Waals surface area contributed by atoms with Gasteiger partial charge in [-0.3, -0.25) is 14.6 Å². The molecule has 2 aromatic rings. The van der Waals surface area contributed by atoms with Gasteiger partial charge in [0.1, 0.15) is 6.04 Å². The molecule has 2 fully saturated rings. The molecule has 2 aromatic carbocycles. The highest BCUT2D eigenvalue weighted by Crippen LogP contribution is 2.27. The minimum absolute atomic E-state index is 0.0307. The molecule has 0 radical (unpaired) electrons.